The first-order valence-corrected chi connectivity index (χ1v) is 9.33. The molecule has 5 nitrogen and oxygen atoms in total. The van der Waals surface area contributed by atoms with Gasteiger partial charge in [0.25, 0.3) is 0 Å². The fourth-order valence-electron chi connectivity index (χ4n) is 3.88. The molecule has 6 heteroatoms. The first-order valence-electron chi connectivity index (χ1n) is 9.33. The van der Waals surface area contributed by atoms with Gasteiger partial charge in [0.15, 0.2) is 0 Å². The lowest BCUT2D eigenvalue weighted by molar-refractivity contribution is 0.194. The minimum absolute atomic E-state index is 0.235. The summed E-state index contributed by atoms with van der Waals surface area (Å²) >= 11 is 0. The first kappa shape index (κ1) is 17.8. The monoisotopic (exact) mass is 366 g/mol. The second kappa shape index (κ2) is 7.56. The summed E-state index contributed by atoms with van der Waals surface area (Å²) < 4.78 is 19.2. The average molecular weight is 366 g/mol. The van der Waals surface area contributed by atoms with Gasteiger partial charge in [-0.05, 0) is 51.4 Å². The highest BCUT2D eigenvalue weighted by Gasteiger charge is 2.23. The largest absolute Gasteiger partial charge is 0.361 e. The minimum atomic E-state index is -0.235. The van der Waals surface area contributed by atoms with Gasteiger partial charge in [0.1, 0.15) is 11.6 Å². The molecule has 1 aliphatic heterocycles. The van der Waals surface area contributed by atoms with Crippen molar-refractivity contribution in [3.63, 3.8) is 0 Å². The van der Waals surface area contributed by atoms with Crippen LogP contribution >= 0.6 is 0 Å². The molecule has 4 rings (SSSR count). The summed E-state index contributed by atoms with van der Waals surface area (Å²) in [5.74, 6) is 0.925. The summed E-state index contributed by atoms with van der Waals surface area (Å²) in [6.07, 6.45) is 5.72. The summed E-state index contributed by atoms with van der Waals surface area (Å²) in [5, 5.41) is 4.02. The summed E-state index contributed by atoms with van der Waals surface area (Å²) in [5.41, 5.74) is 4.52. The van der Waals surface area contributed by atoms with E-state index in [4.69, 9.17) is 9.51 Å². The zero-order valence-corrected chi connectivity index (χ0v) is 15.7. The second-order valence-electron chi connectivity index (χ2n) is 7.18. The lowest BCUT2D eigenvalue weighted by Crippen LogP contribution is -2.34. The molecule has 3 aromatic rings. The fraction of sp³-hybridized carbons (Fsp3) is 0.381. The summed E-state index contributed by atoms with van der Waals surface area (Å²) in [4.78, 5) is 11.2. The van der Waals surface area contributed by atoms with Crippen molar-refractivity contribution in [3.8, 4) is 11.1 Å². The molecule has 0 bridgehead atoms. The van der Waals surface area contributed by atoms with Crippen molar-refractivity contribution >= 4 is 0 Å². The van der Waals surface area contributed by atoms with Gasteiger partial charge in [-0.25, -0.2) is 4.39 Å². The Morgan fingerprint density at radius 3 is 2.81 bits per heavy atom. The van der Waals surface area contributed by atoms with Gasteiger partial charge in [-0.1, -0.05) is 11.2 Å². The number of rotatable bonds is 4. The van der Waals surface area contributed by atoms with E-state index < -0.39 is 0 Å². The molecule has 140 valence electrons. The van der Waals surface area contributed by atoms with Crippen LogP contribution in [-0.2, 0) is 6.54 Å². The molecule has 1 unspecified atom stereocenters. The molecule has 0 N–H and O–H groups in total. The van der Waals surface area contributed by atoms with Gasteiger partial charge in [0, 0.05) is 48.2 Å². The van der Waals surface area contributed by atoms with E-state index in [0.29, 0.717) is 18.2 Å². The number of piperidine rings is 1. The van der Waals surface area contributed by atoms with Crippen LogP contribution < -0.4 is 0 Å². The highest BCUT2D eigenvalue weighted by atomic mass is 19.1. The van der Waals surface area contributed by atoms with Crippen molar-refractivity contribution in [2.24, 2.45) is 0 Å². The third kappa shape index (κ3) is 3.76. The summed E-state index contributed by atoms with van der Waals surface area (Å²) in [6.45, 7) is 6.23. The van der Waals surface area contributed by atoms with Crippen LogP contribution in [0.3, 0.4) is 0 Å². The van der Waals surface area contributed by atoms with E-state index in [2.05, 4.69) is 27.2 Å². The summed E-state index contributed by atoms with van der Waals surface area (Å²) in [7, 11) is 0. The highest BCUT2D eigenvalue weighted by molar-refractivity contribution is 5.66. The lowest BCUT2D eigenvalue weighted by atomic mass is 9.93. The molecule has 27 heavy (non-hydrogen) atoms. The van der Waals surface area contributed by atoms with Crippen LogP contribution in [0.4, 0.5) is 4.39 Å². The Balaban J connectivity index is 1.48. The predicted octanol–water partition coefficient (Wildman–Crippen LogP) is 4.27. The van der Waals surface area contributed by atoms with Crippen molar-refractivity contribution in [1.29, 1.82) is 0 Å². The number of aromatic nitrogens is 3. The van der Waals surface area contributed by atoms with Crippen LogP contribution in [0, 0.1) is 19.7 Å². The van der Waals surface area contributed by atoms with E-state index in [1.54, 1.807) is 12.3 Å². The molecule has 0 aliphatic carbocycles. The Morgan fingerprint density at radius 2 is 2.11 bits per heavy atom. The topological polar surface area (TPSA) is 55.1 Å². The smallest absolute Gasteiger partial charge is 0.146 e. The van der Waals surface area contributed by atoms with Crippen molar-refractivity contribution in [3.05, 3.63) is 65.3 Å². The van der Waals surface area contributed by atoms with Crippen LogP contribution in [-0.4, -0.2) is 33.1 Å². The molecule has 0 saturated carbocycles. The summed E-state index contributed by atoms with van der Waals surface area (Å²) in [6, 6.07) is 7.28. The van der Waals surface area contributed by atoms with E-state index in [1.165, 1.54) is 6.07 Å². The van der Waals surface area contributed by atoms with Crippen LogP contribution in [0.5, 0.6) is 0 Å². The number of likely N-dealkylation sites (tertiary alicyclic amines) is 1. The number of aryl methyl sites for hydroxylation is 2. The van der Waals surface area contributed by atoms with Crippen LogP contribution in [0.2, 0.25) is 0 Å². The molecule has 0 radical (unpaired) electrons. The Labute approximate surface area is 158 Å². The van der Waals surface area contributed by atoms with Crippen molar-refractivity contribution < 1.29 is 8.91 Å². The Bertz CT molecular complexity index is 903. The maximum absolute atomic E-state index is 13.9. The third-order valence-corrected chi connectivity index (χ3v) is 5.24. The zero-order valence-electron chi connectivity index (χ0n) is 15.7. The molecule has 3 aromatic heterocycles. The standard InChI is InChI=1S/C21H23FN4O/c1-14-21(15(2)27-25-14)16-7-8-19(24-11-16)17-5-4-10-26(12-17)13-20-18(22)6-3-9-23-20/h3,6-9,11,17H,4-5,10,12-13H2,1-2H3. The van der Waals surface area contributed by atoms with E-state index >= 15 is 0 Å². The van der Waals surface area contributed by atoms with Crippen LogP contribution in [0.15, 0.2) is 41.2 Å². The van der Waals surface area contributed by atoms with Gasteiger partial charge in [0.05, 0.1) is 11.4 Å². The number of hydrogen-bond acceptors (Lipinski definition) is 5. The predicted molar refractivity (Wildman–Crippen MR) is 101 cm³/mol. The van der Waals surface area contributed by atoms with Crippen LogP contribution in [0.25, 0.3) is 11.1 Å². The molecule has 1 atom stereocenters. The van der Waals surface area contributed by atoms with Crippen molar-refractivity contribution in [2.75, 3.05) is 13.1 Å². The normalized spacial score (nSPS) is 18.0. The SMILES string of the molecule is Cc1noc(C)c1-c1ccc(C2CCCN(Cc3ncccc3F)C2)nc1. The van der Waals surface area contributed by atoms with Gasteiger partial charge in [-0.3, -0.25) is 14.9 Å². The Hall–Kier alpha value is -2.60. The number of hydrogen-bond donors (Lipinski definition) is 0. The Morgan fingerprint density at radius 1 is 1.22 bits per heavy atom. The Kier molecular flexibility index (Phi) is 4.99. The molecule has 1 aliphatic rings. The van der Waals surface area contributed by atoms with Gasteiger partial charge < -0.3 is 4.52 Å². The van der Waals surface area contributed by atoms with E-state index in [9.17, 15) is 4.39 Å². The maximum atomic E-state index is 13.9. The highest BCUT2D eigenvalue weighted by Crippen LogP contribution is 2.30. The van der Waals surface area contributed by atoms with E-state index in [-0.39, 0.29) is 5.82 Å². The number of pyridine rings is 2. The lowest BCUT2D eigenvalue weighted by Gasteiger charge is -2.32. The first-order chi connectivity index (χ1) is 13.1. The molecular weight excluding hydrogens is 343 g/mol. The molecule has 0 aromatic carbocycles. The minimum Gasteiger partial charge on any atom is -0.361 e. The maximum Gasteiger partial charge on any atom is 0.146 e. The van der Waals surface area contributed by atoms with E-state index in [0.717, 1.165) is 54.2 Å². The molecule has 0 amide bonds. The average Bonchev–Trinajstić information content (AvgIpc) is 3.02. The van der Waals surface area contributed by atoms with E-state index in [1.807, 2.05) is 20.0 Å². The third-order valence-electron chi connectivity index (χ3n) is 5.24. The van der Waals surface area contributed by atoms with Gasteiger partial charge in [-0.15, -0.1) is 0 Å². The quantitative estimate of drug-likeness (QED) is 0.690. The van der Waals surface area contributed by atoms with Gasteiger partial charge in [0.2, 0.25) is 0 Å². The molecule has 0 spiro atoms. The molecule has 1 saturated heterocycles. The zero-order chi connectivity index (χ0) is 18.8. The van der Waals surface area contributed by atoms with Crippen molar-refractivity contribution in [2.45, 2.75) is 39.2 Å². The fourth-order valence-corrected chi connectivity index (χ4v) is 3.88. The number of nitrogens with zero attached hydrogens (tertiary/aromatic N) is 4. The molecular formula is C21H23FN4O. The van der Waals surface area contributed by atoms with Crippen molar-refractivity contribution in [1.82, 2.24) is 20.0 Å². The van der Waals surface area contributed by atoms with Gasteiger partial charge in [-0.2, -0.15) is 0 Å². The number of halogens is 1. The second-order valence-corrected chi connectivity index (χ2v) is 7.18. The molecule has 1 fully saturated rings. The van der Waals surface area contributed by atoms with Crippen LogP contribution in [0.1, 0.15) is 41.6 Å². The van der Waals surface area contributed by atoms with Gasteiger partial charge >= 0.3 is 0 Å². The molecule has 4 heterocycles.